The third-order valence-electron chi connectivity index (χ3n) is 3.45. The summed E-state index contributed by atoms with van der Waals surface area (Å²) < 4.78 is 1.03. The predicted molar refractivity (Wildman–Crippen MR) is 89.1 cm³/mol. The maximum atomic E-state index is 9.36. The lowest BCUT2D eigenvalue weighted by Gasteiger charge is -2.30. The quantitative estimate of drug-likeness (QED) is 0.721. The predicted octanol–water partition coefficient (Wildman–Crippen LogP) is 5.11. The lowest BCUT2D eigenvalue weighted by molar-refractivity contribution is 0.474. The molecule has 0 saturated heterocycles. The molecule has 4 heteroatoms. The molecule has 0 fully saturated rings. The highest BCUT2D eigenvalue weighted by atomic mass is 79.9. The number of halogens is 3. The van der Waals surface area contributed by atoms with E-state index < -0.39 is 0 Å². The molecular weight excluding hydrogens is 359 g/mol. The number of aromatic hydroxyl groups is 1. The first-order valence-corrected chi connectivity index (χ1v) is 8.12. The molecule has 0 spiro atoms. The third kappa shape index (κ3) is 3.49. The van der Waals surface area contributed by atoms with Crippen LogP contribution in [0.5, 0.6) is 5.75 Å². The Kier molecular flexibility index (Phi) is 5.36. The summed E-state index contributed by atoms with van der Waals surface area (Å²) in [6.07, 6.45) is 0.738. The molecule has 0 aromatic heterocycles. The Morgan fingerprint density at radius 2 is 1.45 bits per heavy atom. The van der Waals surface area contributed by atoms with Gasteiger partial charge in [0.2, 0.25) is 0 Å². The number of benzene rings is 2. The molecule has 2 aromatic rings. The van der Waals surface area contributed by atoms with Crippen molar-refractivity contribution in [1.29, 1.82) is 0 Å². The van der Waals surface area contributed by atoms with Crippen molar-refractivity contribution in [3.05, 3.63) is 64.1 Å². The fourth-order valence-corrected chi connectivity index (χ4v) is 3.24. The molecule has 0 bridgehead atoms. The Labute approximate surface area is 137 Å². The van der Waals surface area contributed by atoms with Gasteiger partial charge in [-0.25, -0.2) is 0 Å². The van der Waals surface area contributed by atoms with Crippen LogP contribution in [0, 0.1) is 0 Å². The molecule has 2 aromatic carbocycles. The van der Waals surface area contributed by atoms with Crippen molar-refractivity contribution in [1.82, 2.24) is 0 Å². The van der Waals surface area contributed by atoms with Crippen molar-refractivity contribution < 1.29 is 5.11 Å². The molecule has 0 unspecified atom stereocenters. The second-order valence-electron chi connectivity index (χ2n) is 4.90. The minimum atomic E-state index is -0.305. The number of rotatable bonds is 5. The molecule has 0 aliphatic rings. The Morgan fingerprint density at radius 3 is 1.95 bits per heavy atom. The van der Waals surface area contributed by atoms with Crippen LogP contribution in [0.25, 0.3) is 0 Å². The van der Waals surface area contributed by atoms with Gasteiger partial charge in [0.05, 0.1) is 0 Å². The van der Waals surface area contributed by atoms with Gasteiger partial charge < -0.3 is 5.11 Å². The van der Waals surface area contributed by atoms with Crippen LogP contribution >= 0.6 is 39.1 Å². The number of phenols is 1. The molecule has 2 rings (SSSR count). The van der Waals surface area contributed by atoms with Gasteiger partial charge in [-0.3, -0.25) is 0 Å². The minimum absolute atomic E-state index is 0.264. The van der Waals surface area contributed by atoms with E-state index in [0.29, 0.717) is 11.8 Å². The summed E-state index contributed by atoms with van der Waals surface area (Å²) in [6, 6.07) is 15.3. The molecule has 0 atom stereocenters. The highest BCUT2D eigenvalue weighted by Gasteiger charge is 2.31. The van der Waals surface area contributed by atoms with E-state index in [1.165, 1.54) is 0 Å². The second kappa shape index (κ2) is 6.84. The van der Waals surface area contributed by atoms with Gasteiger partial charge in [0.1, 0.15) is 5.75 Å². The monoisotopic (exact) mass is 372 g/mol. The van der Waals surface area contributed by atoms with Gasteiger partial charge >= 0.3 is 0 Å². The van der Waals surface area contributed by atoms with E-state index in [2.05, 4.69) is 28.1 Å². The summed E-state index contributed by atoms with van der Waals surface area (Å²) in [5, 5.41) is 9.36. The maximum absolute atomic E-state index is 9.36. The fraction of sp³-hybridized carbons (Fsp3) is 0.250. The summed E-state index contributed by atoms with van der Waals surface area (Å²) in [5.41, 5.74) is 1.92. The molecule has 0 radical (unpaired) electrons. The zero-order chi connectivity index (χ0) is 14.6. The maximum Gasteiger partial charge on any atom is 0.115 e. The molecule has 1 nitrogen and oxygen atoms in total. The van der Waals surface area contributed by atoms with Gasteiger partial charge in [-0.1, -0.05) is 40.2 Å². The van der Waals surface area contributed by atoms with Crippen molar-refractivity contribution in [3.8, 4) is 5.75 Å². The zero-order valence-corrected chi connectivity index (χ0v) is 13.9. The van der Waals surface area contributed by atoms with Crippen molar-refractivity contribution in [2.24, 2.45) is 0 Å². The van der Waals surface area contributed by atoms with E-state index in [0.717, 1.165) is 22.0 Å². The Balaban J connectivity index is 2.33. The van der Waals surface area contributed by atoms with Crippen molar-refractivity contribution in [2.45, 2.75) is 11.8 Å². The van der Waals surface area contributed by atoms with Gasteiger partial charge in [-0.2, -0.15) is 0 Å². The SMILES string of the molecule is Oc1ccc(CC(CCl)(CCl)c2ccc(Br)cc2)cc1. The smallest absolute Gasteiger partial charge is 0.115 e. The summed E-state index contributed by atoms with van der Waals surface area (Å²) >= 11 is 15.9. The van der Waals surface area contributed by atoms with Gasteiger partial charge in [0.15, 0.2) is 0 Å². The largest absolute Gasteiger partial charge is 0.508 e. The highest BCUT2D eigenvalue weighted by Crippen LogP contribution is 2.32. The topological polar surface area (TPSA) is 20.2 Å². The van der Waals surface area contributed by atoms with Crippen LogP contribution in [0.15, 0.2) is 53.0 Å². The van der Waals surface area contributed by atoms with E-state index in [4.69, 9.17) is 23.2 Å². The number of phenolic OH excluding ortho intramolecular Hbond substituents is 1. The van der Waals surface area contributed by atoms with Gasteiger partial charge in [0.25, 0.3) is 0 Å². The number of hydrogen-bond donors (Lipinski definition) is 1. The van der Waals surface area contributed by atoms with Gasteiger partial charge in [-0.15, -0.1) is 23.2 Å². The van der Waals surface area contributed by atoms with Crippen LogP contribution < -0.4 is 0 Å². The van der Waals surface area contributed by atoms with Crippen molar-refractivity contribution in [2.75, 3.05) is 11.8 Å². The highest BCUT2D eigenvalue weighted by molar-refractivity contribution is 9.10. The van der Waals surface area contributed by atoms with E-state index in [9.17, 15) is 5.11 Å². The van der Waals surface area contributed by atoms with Crippen LogP contribution in [0.2, 0.25) is 0 Å². The molecule has 1 N–H and O–H groups in total. The van der Waals surface area contributed by atoms with Gasteiger partial charge in [-0.05, 0) is 41.8 Å². The van der Waals surface area contributed by atoms with E-state index in [1.807, 2.05) is 24.3 Å². The summed E-state index contributed by atoms with van der Waals surface area (Å²) in [5.74, 6) is 1.15. The van der Waals surface area contributed by atoms with Crippen LogP contribution in [0.1, 0.15) is 11.1 Å². The zero-order valence-electron chi connectivity index (χ0n) is 10.8. The normalized spacial score (nSPS) is 11.6. The minimum Gasteiger partial charge on any atom is -0.508 e. The van der Waals surface area contributed by atoms with Crippen molar-refractivity contribution in [3.63, 3.8) is 0 Å². The first-order valence-electron chi connectivity index (χ1n) is 6.25. The Morgan fingerprint density at radius 1 is 0.900 bits per heavy atom. The second-order valence-corrected chi connectivity index (χ2v) is 6.35. The van der Waals surface area contributed by atoms with Crippen LogP contribution in [0.4, 0.5) is 0 Å². The van der Waals surface area contributed by atoms with Crippen LogP contribution in [0.3, 0.4) is 0 Å². The lowest BCUT2D eigenvalue weighted by Crippen LogP contribution is -2.33. The molecule has 0 saturated carbocycles. The standard InChI is InChI=1S/C16H15BrCl2O/c17-14-5-3-13(4-6-14)16(10-18,11-19)9-12-1-7-15(20)8-2-12/h1-8,20H,9-11H2. The first-order chi connectivity index (χ1) is 9.59. The van der Waals surface area contributed by atoms with Crippen LogP contribution in [-0.2, 0) is 11.8 Å². The number of alkyl halides is 2. The van der Waals surface area contributed by atoms with Crippen LogP contribution in [-0.4, -0.2) is 16.9 Å². The molecule has 20 heavy (non-hydrogen) atoms. The molecule has 0 aliphatic carbocycles. The average molecular weight is 374 g/mol. The molecule has 106 valence electrons. The first kappa shape index (κ1) is 15.7. The summed E-state index contributed by atoms with van der Waals surface area (Å²) in [4.78, 5) is 0. The summed E-state index contributed by atoms with van der Waals surface area (Å²) in [6.45, 7) is 0. The molecule has 0 amide bonds. The van der Waals surface area contributed by atoms with Crippen molar-refractivity contribution >= 4 is 39.1 Å². The fourth-order valence-electron chi connectivity index (χ4n) is 2.19. The summed E-state index contributed by atoms with van der Waals surface area (Å²) in [7, 11) is 0. The van der Waals surface area contributed by atoms with E-state index >= 15 is 0 Å². The lowest BCUT2D eigenvalue weighted by atomic mass is 9.79. The molecular formula is C16H15BrCl2O. The van der Waals surface area contributed by atoms with E-state index in [-0.39, 0.29) is 11.2 Å². The number of hydrogen-bond acceptors (Lipinski definition) is 1. The Hall–Kier alpha value is -0.700. The molecule has 0 heterocycles. The Bertz CT molecular complexity index is 548. The third-order valence-corrected chi connectivity index (χ3v) is 5.00. The molecule has 0 aliphatic heterocycles. The average Bonchev–Trinajstić information content (AvgIpc) is 2.48. The van der Waals surface area contributed by atoms with Gasteiger partial charge in [0, 0.05) is 21.6 Å². The van der Waals surface area contributed by atoms with E-state index in [1.54, 1.807) is 12.1 Å².